The van der Waals surface area contributed by atoms with Crippen molar-refractivity contribution < 1.29 is 0 Å². The third-order valence-electron chi connectivity index (χ3n) is 5.09. The van der Waals surface area contributed by atoms with Gasteiger partial charge in [0.05, 0.1) is 0 Å². The molecule has 3 rings (SSSR count). The van der Waals surface area contributed by atoms with E-state index >= 15 is 0 Å². The average Bonchev–Trinajstić information content (AvgIpc) is 2.89. The van der Waals surface area contributed by atoms with Gasteiger partial charge >= 0.3 is 0 Å². The fourth-order valence-electron chi connectivity index (χ4n) is 3.48. The zero-order valence-corrected chi connectivity index (χ0v) is 14.6. The van der Waals surface area contributed by atoms with Crippen molar-refractivity contribution in [2.45, 2.75) is 33.2 Å². The highest BCUT2D eigenvalue weighted by molar-refractivity contribution is 5.85. The number of aryl methyl sites for hydroxylation is 3. The number of nitrogens with zero attached hydrogens (tertiary/aromatic N) is 2. The number of fused-ring (bicyclic) bond motifs is 1. The standard InChI is InChI=1S/C19H30N4/c1-15-12-18-17(4-9-22-10-6-21-7-11-22)14-23(8-3-5-20)19(18)13-16(15)2/h12-14,21H,3-11,20H2,1-2H3. The molecule has 2 heterocycles. The maximum Gasteiger partial charge on any atom is 0.0486 e. The molecule has 0 saturated carbocycles. The van der Waals surface area contributed by atoms with Gasteiger partial charge in [-0.3, -0.25) is 0 Å². The second-order valence-electron chi connectivity index (χ2n) is 6.79. The maximum atomic E-state index is 5.71. The molecule has 1 aromatic heterocycles. The topological polar surface area (TPSA) is 46.2 Å². The van der Waals surface area contributed by atoms with Gasteiger partial charge in [-0.2, -0.15) is 0 Å². The van der Waals surface area contributed by atoms with Crippen molar-refractivity contribution in [2.24, 2.45) is 5.73 Å². The Hall–Kier alpha value is -1.36. The summed E-state index contributed by atoms with van der Waals surface area (Å²) in [5.74, 6) is 0. The molecule has 1 aliphatic rings. The van der Waals surface area contributed by atoms with E-state index in [2.05, 4.69) is 47.0 Å². The molecule has 1 aromatic carbocycles. The molecule has 1 aliphatic heterocycles. The molecule has 0 amide bonds. The average molecular weight is 314 g/mol. The summed E-state index contributed by atoms with van der Waals surface area (Å²) in [4.78, 5) is 2.57. The van der Waals surface area contributed by atoms with Crippen LogP contribution in [0.3, 0.4) is 0 Å². The first-order valence-electron chi connectivity index (χ1n) is 8.91. The van der Waals surface area contributed by atoms with E-state index in [9.17, 15) is 0 Å². The Morgan fingerprint density at radius 1 is 1.09 bits per heavy atom. The molecule has 1 saturated heterocycles. The Kier molecular flexibility index (Phi) is 5.36. The van der Waals surface area contributed by atoms with Crippen LogP contribution in [-0.2, 0) is 13.0 Å². The van der Waals surface area contributed by atoms with Crippen LogP contribution in [0.1, 0.15) is 23.1 Å². The molecule has 0 atom stereocenters. The number of rotatable bonds is 6. The number of aromatic nitrogens is 1. The van der Waals surface area contributed by atoms with Crippen LogP contribution in [0.2, 0.25) is 0 Å². The molecule has 4 nitrogen and oxygen atoms in total. The van der Waals surface area contributed by atoms with Gasteiger partial charge in [-0.15, -0.1) is 0 Å². The van der Waals surface area contributed by atoms with Gasteiger partial charge in [-0.05, 0) is 62.1 Å². The van der Waals surface area contributed by atoms with Gasteiger partial charge in [0.15, 0.2) is 0 Å². The van der Waals surface area contributed by atoms with Crippen LogP contribution < -0.4 is 11.1 Å². The van der Waals surface area contributed by atoms with Crippen molar-refractivity contribution in [2.75, 3.05) is 39.3 Å². The fraction of sp³-hybridized carbons (Fsp3) is 0.579. The number of hydrogen-bond donors (Lipinski definition) is 2. The summed E-state index contributed by atoms with van der Waals surface area (Å²) in [5, 5.41) is 4.86. The second-order valence-corrected chi connectivity index (χ2v) is 6.79. The Morgan fingerprint density at radius 3 is 2.57 bits per heavy atom. The van der Waals surface area contributed by atoms with Gasteiger partial charge < -0.3 is 20.5 Å². The smallest absolute Gasteiger partial charge is 0.0486 e. The lowest BCUT2D eigenvalue weighted by Gasteiger charge is -2.26. The summed E-state index contributed by atoms with van der Waals surface area (Å²) >= 11 is 0. The second kappa shape index (κ2) is 7.47. The highest BCUT2D eigenvalue weighted by Crippen LogP contribution is 2.26. The monoisotopic (exact) mass is 314 g/mol. The van der Waals surface area contributed by atoms with E-state index in [1.807, 2.05) is 0 Å². The van der Waals surface area contributed by atoms with Crippen LogP contribution in [0, 0.1) is 13.8 Å². The fourth-order valence-corrected chi connectivity index (χ4v) is 3.48. The number of nitrogens with one attached hydrogen (secondary N) is 1. The van der Waals surface area contributed by atoms with E-state index in [1.165, 1.54) is 40.7 Å². The minimum atomic E-state index is 0.751. The summed E-state index contributed by atoms with van der Waals surface area (Å²) in [6.45, 7) is 11.9. The lowest BCUT2D eigenvalue weighted by molar-refractivity contribution is 0.244. The molecule has 3 N–H and O–H groups in total. The predicted molar refractivity (Wildman–Crippen MR) is 98.1 cm³/mol. The third-order valence-corrected chi connectivity index (χ3v) is 5.09. The van der Waals surface area contributed by atoms with Gasteiger partial charge in [-0.1, -0.05) is 0 Å². The molecule has 0 spiro atoms. The SMILES string of the molecule is Cc1cc2c(CCN3CCNCC3)cn(CCCN)c2cc1C. The Bertz CT molecular complexity index is 653. The zero-order valence-electron chi connectivity index (χ0n) is 14.6. The summed E-state index contributed by atoms with van der Waals surface area (Å²) in [6.07, 6.45) is 4.53. The van der Waals surface area contributed by atoms with E-state index in [0.717, 1.165) is 45.6 Å². The van der Waals surface area contributed by atoms with Crippen LogP contribution in [0.4, 0.5) is 0 Å². The lowest BCUT2D eigenvalue weighted by Crippen LogP contribution is -2.44. The van der Waals surface area contributed by atoms with Crippen molar-refractivity contribution in [1.82, 2.24) is 14.8 Å². The maximum absolute atomic E-state index is 5.71. The first kappa shape index (κ1) is 16.5. The molecule has 126 valence electrons. The molecule has 23 heavy (non-hydrogen) atoms. The van der Waals surface area contributed by atoms with Crippen molar-refractivity contribution in [3.05, 3.63) is 35.0 Å². The highest BCUT2D eigenvalue weighted by Gasteiger charge is 2.13. The zero-order chi connectivity index (χ0) is 16.2. The summed E-state index contributed by atoms with van der Waals surface area (Å²) in [5.41, 5.74) is 11.3. The van der Waals surface area contributed by atoms with Crippen molar-refractivity contribution >= 4 is 10.9 Å². The van der Waals surface area contributed by atoms with E-state index in [0.29, 0.717) is 0 Å². The Labute approximate surface area is 139 Å². The van der Waals surface area contributed by atoms with Crippen LogP contribution >= 0.6 is 0 Å². The van der Waals surface area contributed by atoms with Crippen LogP contribution in [0.5, 0.6) is 0 Å². The quantitative estimate of drug-likeness (QED) is 0.858. The Balaban J connectivity index is 1.84. The van der Waals surface area contributed by atoms with Gasteiger partial charge in [0.25, 0.3) is 0 Å². The first-order chi connectivity index (χ1) is 11.2. The predicted octanol–water partition coefficient (Wildman–Crippen LogP) is 2.05. The number of piperazine rings is 1. The van der Waals surface area contributed by atoms with Crippen LogP contribution in [-0.4, -0.2) is 48.7 Å². The number of hydrogen-bond acceptors (Lipinski definition) is 3. The highest BCUT2D eigenvalue weighted by atomic mass is 15.2. The van der Waals surface area contributed by atoms with Gasteiger partial charge in [0.1, 0.15) is 0 Å². The largest absolute Gasteiger partial charge is 0.347 e. The number of nitrogens with two attached hydrogens (primary N) is 1. The summed E-state index contributed by atoms with van der Waals surface area (Å²) in [7, 11) is 0. The lowest BCUT2D eigenvalue weighted by atomic mass is 10.0. The minimum absolute atomic E-state index is 0.751. The third kappa shape index (κ3) is 3.77. The molecular weight excluding hydrogens is 284 g/mol. The van der Waals surface area contributed by atoms with E-state index in [-0.39, 0.29) is 0 Å². The molecule has 4 heteroatoms. The van der Waals surface area contributed by atoms with E-state index < -0.39 is 0 Å². The van der Waals surface area contributed by atoms with E-state index in [4.69, 9.17) is 5.73 Å². The van der Waals surface area contributed by atoms with Crippen molar-refractivity contribution in [3.8, 4) is 0 Å². The molecule has 0 unspecified atom stereocenters. The van der Waals surface area contributed by atoms with Gasteiger partial charge in [0.2, 0.25) is 0 Å². The van der Waals surface area contributed by atoms with Crippen molar-refractivity contribution in [1.29, 1.82) is 0 Å². The normalized spacial score (nSPS) is 16.3. The summed E-state index contributed by atoms with van der Waals surface area (Å²) < 4.78 is 2.40. The first-order valence-corrected chi connectivity index (χ1v) is 8.91. The molecule has 0 radical (unpaired) electrons. The molecular formula is C19H30N4. The van der Waals surface area contributed by atoms with Gasteiger partial charge in [0, 0.05) is 56.4 Å². The number of benzene rings is 1. The van der Waals surface area contributed by atoms with E-state index in [1.54, 1.807) is 0 Å². The molecule has 0 bridgehead atoms. The molecule has 2 aromatic rings. The minimum Gasteiger partial charge on any atom is -0.347 e. The van der Waals surface area contributed by atoms with Crippen molar-refractivity contribution in [3.63, 3.8) is 0 Å². The Morgan fingerprint density at radius 2 is 1.83 bits per heavy atom. The van der Waals surface area contributed by atoms with Crippen LogP contribution in [0.15, 0.2) is 18.3 Å². The molecule has 1 fully saturated rings. The molecule has 0 aliphatic carbocycles. The summed E-state index contributed by atoms with van der Waals surface area (Å²) in [6, 6.07) is 4.71. The van der Waals surface area contributed by atoms with Gasteiger partial charge in [-0.25, -0.2) is 0 Å². The van der Waals surface area contributed by atoms with Crippen LogP contribution in [0.25, 0.3) is 10.9 Å².